The van der Waals surface area contributed by atoms with Crippen molar-refractivity contribution in [2.24, 2.45) is 5.92 Å². The van der Waals surface area contributed by atoms with Gasteiger partial charge in [-0.25, -0.2) is 4.79 Å². The molecule has 2 fully saturated rings. The number of benzene rings is 1. The number of hydrogen-bond acceptors (Lipinski definition) is 4. The average Bonchev–Trinajstić information content (AvgIpc) is 3.54. The highest BCUT2D eigenvalue weighted by molar-refractivity contribution is 5.82. The third-order valence-corrected chi connectivity index (χ3v) is 6.09. The highest BCUT2D eigenvalue weighted by Gasteiger charge is 2.39. The molecule has 1 aromatic rings. The van der Waals surface area contributed by atoms with Gasteiger partial charge in [-0.3, -0.25) is 9.69 Å². The molecule has 0 aromatic heterocycles. The van der Waals surface area contributed by atoms with Crippen LogP contribution < -0.4 is 5.32 Å². The zero-order valence-electron chi connectivity index (χ0n) is 19.7. The highest BCUT2D eigenvalue weighted by Crippen LogP contribution is 2.40. The smallest absolute Gasteiger partial charge is 0.444 e. The van der Waals surface area contributed by atoms with Crippen LogP contribution in [0.2, 0.25) is 0 Å². The van der Waals surface area contributed by atoms with Crippen LogP contribution in [0.5, 0.6) is 0 Å². The molecular weight excluding hydrogens is 435 g/mol. The Balaban J connectivity index is 1.64. The maximum Gasteiger partial charge on any atom is 0.471 e. The maximum atomic E-state index is 12.5. The molecule has 1 aromatic carbocycles. The van der Waals surface area contributed by atoms with Gasteiger partial charge < -0.3 is 15.0 Å². The number of halogens is 3. The summed E-state index contributed by atoms with van der Waals surface area (Å²) < 4.78 is 43.1. The Morgan fingerprint density at radius 1 is 1.03 bits per heavy atom. The van der Waals surface area contributed by atoms with E-state index in [9.17, 15) is 22.8 Å². The summed E-state index contributed by atoms with van der Waals surface area (Å²) >= 11 is 0. The summed E-state index contributed by atoms with van der Waals surface area (Å²) in [6, 6.07) is 6.90. The van der Waals surface area contributed by atoms with Gasteiger partial charge in [0.1, 0.15) is 5.60 Å². The van der Waals surface area contributed by atoms with E-state index < -0.39 is 23.7 Å². The number of alkyl halides is 3. The minimum Gasteiger partial charge on any atom is -0.444 e. The van der Waals surface area contributed by atoms with E-state index in [1.807, 2.05) is 38.2 Å². The van der Waals surface area contributed by atoms with Crippen molar-refractivity contribution in [3.63, 3.8) is 0 Å². The normalized spacial score (nSPS) is 19.7. The van der Waals surface area contributed by atoms with Gasteiger partial charge in [0, 0.05) is 32.2 Å². The van der Waals surface area contributed by atoms with Crippen molar-refractivity contribution >= 4 is 12.0 Å². The van der Waals surface area contributed by atoms with E-state index in [1.54, 1.807) is 17.0 Å². The summed E-state index contributed by atoms with van der Waals surface area (Å²) in [4.78, 5) is 27.7. The molecule has 1 heterocycles. The summed E-state index contributed by atoms with van der Waals surface area (Å²) in [5.41, 5.74) is 1.20. The van der Waals surface area contributed by atoms with Crippen molar-refractivity contribution in [3.05, 3.63) is 35.4 Å². The number of rotatable bonds is 6. The molecule has 0 bridgehead atoms. The summed E-state index contributed by atoms with van der Waals surface area (Å²) in [7, 11) is 0. The first kappa shape index (κ1) is 25.3. The van der Waals surface area contributed by atoms with E-state index in [4.69, 9.17) is 4.74 Å². The molecule has 1 aliphatic carbocycles. The molecule has 1 saturated heterocycles. The van der Waals surface area contributed by atoms with Gasteiger partial charge in [-0.05, 0) is 51.2 Å². The van der Waals surface area contributed by atoms with Gasteiger partial charge in [-0.2, -0.15) is 13.2 Å². The number of hydrogen-bond donors (Lipinski definition) is 1. The fourth-order valence-corrected chi connectivity index (χ4v) is 4.08. The summed E-state index contributed by atoms with van der Waals surface area (Å²) in [5, 5.41) is 2.00. The van der Waals surface area contributed by atoms with Gasteiger partial charge >= 0.3 is 18.2 Å². The first-order chi connectivity index (χ1) is 15.3. The molecule has 1 N–H and O–H groups in total. The van der Waals surface area contributed by atoms with Gasteiger partial charge in [-0.1, -0.05) is 37.1 Å². The van der Waals surface area contributed by atoms with Crippen LogP contribution in [-0.2, 0) is 9.53 Å². The van der Waals surface area contributed by atoms with Gasteiger partial charge in [0.2, 0.25) is 0 Å². The summed E-state index contributed by atoms with van der Waals surface area (Å²) in [6.45, 7) is 9.75. The van der Waals surface area contributed by atoms with E-state index in [0.717, 1.165) is 25.1 Å². The zero-order valence-corrected chi connectivity index (χ0v) is 19.7. The molecule has 0 radical (unpaired) electrons. The number of nitrogens with one attached hydrogen (secondary N) is 1. The third-order valence-electron chi connectivity index (χ3n) is 6.09. The second-order valence-corrected chi connectivity index (χ2v) is 10.1. The zero-order chi connectivity index (χ0) is 24.4. The van der Waals surface area contributed by atoms with Crippen LogP contribution in [-0.4, -0.2) is 59.8 Å². The van der Waals surface area contributed by atoms with E-state index >= 15 is 0 Å². The lowest BCUT2D eigenvalue weighted by atomic mass is 9.96. The van der Waals surface area contributed by atoms with Crippen molar-refractivity contribution in [2.75, 3.05) is 26.2 Å². The van der Waals surface area contributed by atoms with Crippen LogP contribution in [0.3, 0.4) is 0 Å². The lowest BCUT2D eigenvalue weighted by Crippen LogP contribution is -2.50. The van der Waals surface area contributed by atoms with E-state index in [1.165, 1.54) is 19.8 Å². The van der Waals surface area contributed by atoms with Crippen molar-refractivity contribution in [1.29, 1.82) is 0 Å². The van der Waals surface area contributed by atoms with Crippen LogP contribution in [0.15, 0.2) is 24.3 Å². The monoisotopic (exact) mass is 469 g/mol. The molecule has 0 spiro atoms. The topological polar surface area (TPSA) is 61.9 Å². The summed E-state index contributed by atoms with van der Waals surface area (Å²) in [6.07, 6.45) is -1.74. The predicted molar refractivity (Wildman–Crippen MR) is 119 cm³/mol. The number of carbonyl (C=O) groups is 2. The average molecular weight is 470 g/mol. The van der Waals surface area contributed by atoms with Crippen molar-refractivity contribution in [3.8, 4) is 0 Å². The highest BCUT2D eigenvalue weighted by atomic mass is 19.4. The standard InChI is InChI=1S/C24H34F3N3O3/c1-16(28-21(31)24(25,26)27)18-7-9-19(10-8-18)20(15-17-5-6-17)29-11-13-30(14-12-29)22(32)33-23(2,3)4/h7-10,16-17,20H,5-6,11-15H2,1-4H3,(H,28,31)/t16-,20?/m0/s1. The van der Waals surface area contributed by atoms with Gasteiger partial charge in [-0.15, -0.1) is 0 Å². The van der Waals surface area contributed by atoms with E-state index in [2.05, 4.69) is 4.90 Å². The second kappa shape index (κ2) is 9.91. The SMILES string of the molecule is C[C@H](NC(=O)C(F)(F)F)c1ccc(C(CC2CC2)N2CCN(C(=O)OC(C)(C)C)CC2)cc1. The first-order valence-electron chi connectivity index (χ1n) is 11.5. The Labute approximate surface area is 193 Å². The lowest BCUT2D eigenvalue weighted by molar-refractivity contribution is -0.174. The molecule has 1 unspecified atom stereocenters. The molecular formula is C24H34F3N3O3. The van der Waals surface area contributed by atoms with Crippen LogP contribution in [0, 0.1) is 5.92 Å². The predicted octanol–water partition coefficient (Wildman–Crippen LogP) is 4.82. The Morgan fingerprint density at radius 2 is 1.58 bits per heavy atom. The molecule has 1 saturated carbocycles. The van der Waals surface area contributed by atoms with E-state index in [0.29, 0.717) is 24.6 Å². The molecule has 184 valence electrons. The Bertz CT molecular complexity index is 824. The molecule has 33 heavy (non-hydrogen) atoms. The van der Waals surface area contributed by atoms with Crippen LogP contribution in [0.25, 0.3) is 0 Å². The van der Waals surface area contributed by atoms with Gasteiger partial charge in [0.15, 0.2) is 0 Å². The first-order valence-corrected chi connectivity index (χ1v) is 11.5. The van der Waals surface area contributed by atoms with E-state index in [-0.39, 0.29) is 12.1 Å². The number of piperazine rings is 1. The lowest BCUT2D eigenvalue weighted by Gasteiger charge is -2.40. The third kappa shape index (κ3) is 7.35. The minimum atomic E-state index is -4.90. The Kier molecular flexibility index (Phi) is 7.61. The largest absolute Gasteiger partial charge is 0.471 e. The van der Waals surface area contributed by atoms with Crippen molar-refractivity contribution < 1.29 is 27.5 Å². The fourth-order valence-electron chi connectivity index (χ4n) is 4.08. The van der Waals surface area contributed by atoms with Crippen LogP contribution in [0.1, 0.15) is 70.2 Å². The number of ether oxygens (including phenoxy) is 1. The minimum absolute atomic E-state index is 0.187. The molecule has 6 nitrogen and oxygen atoms in total. The van der Waals surface area contributed by atoms with Gasteiger partial charge in [0.05, 0.1) is 6.04 Å². The second-order valence-electron chi connectivity index (χ2n) is 10.1. The van der Waals surface area contributed by atoms with Crippen molar-refractivity contribution in [1.82, 2.24) is 15.1 Å². The quantitative estimate of drug-likeness (QED) is 0.649. The number of carbonyl (C=O) groups excluding carboxylic acids is 2. The van der Waals surface area contributed by atoms with Crippen LogP contribution >= 0.6 is 0 Å². The molecule has 9 heteroatoms. The maximum absolute atomic E-state index is 12.5. The Morgan fingerprint density at radius 3 is 2.06 bits per heavy atom. The molecule has 2 atom stereocenters. The molecule has 2 aliphatic rings. The molecule has 2 amide bonds. The van der Waals surface area contributed by atoms with Crippen molar-refractivity contribution in [2.45, 2.75) is 70.8 Å². The van der Waals surface area contributed by atoms with Crippen LogP contribution in [0.4, 0.5) is 18.0 Å². The number of amides is 2. The molecule has 3 rings (SSSR count). The Hall–Kier alpha value is -2.29. The van der Waals surface area contributed by atoms with Gasteiger partial charge in [0.25, 0.3) is 0 Å². The summed E-state index contributed by atoms with van der Waals surface area (Å²) in [5.74, 6) is -1.25. The molecule has 1 aliphatic heterocycles. The fraction of sp³-hybridized carbons (Fsp3) is 0.667. The number of nitrogens with zero attached hydrogens (tertiary/aromatic N) is 2.